The third-order valence-corrected chi connectivity index (χ3v) is 7.48. The highest BCUT2D eigenvalue weighted by atomic mass is 16.5. The summed E-state index contributed by atoms with van der Waals surface area (Å²) >= 11 is 0. The summed E-state index contributed by atoms with van der Waals surface area (Å²) in [7, 11) is 0. The van der Waals surface area contributed by atoms with Crippen molar-refractivity contribution in [3.63, 3.8) is 0 Å². The van der Waals surface area contributed by atoms with Gasteiger partial charge in [-0.3, -0.25) is 0 Å². The number of hydrogen-bond acceptors (Lipinski definition) is 2. The summed E-state index contributed by atoms with van der Waals surface area (Å²) in [5.74, 6) is 0.789. The van der Waals surface area contributed by atoms with Crippen LogP contribution in [-0.4, -0.2) is 23.9 Å². The molecule has 0 aromatic carbocycles. The lowest BCUT2D eigenvalue weighted by atomic mass is 9.49. The van der Waals surface area contributed by atoms with Gasteiger partial charge >= 0.3 is 0 Å². The number of rotatable bonds is 5. The van der Waals surface area contributed by atoms with Gasteiger partial charge in [0.1, 0.15) is 0 Å². The van der Waals surface area contributed by atoms with E-state index in [4.69, 9.17) is 4.74 Å². The zero-order valence-corrected chi connectivity index (χ0v) is 15.2. The summed E-state index contributed by atoms with van der Waals surface area (Å²) in [6.45, 7) is 10.4. The fourth-order valence-corrected chi connectivity index (χ4v) is 6.32. The van der Waals surface area contributed by atoms with Crippen LogP contribution in [0.4, 0.5) is 0 Å². The smallest absolute Gasteiger partial charge is 0.0639 e. The second kappa shape index (κ2) is 5.77. The lowest BCUT2D eigenvalue weighted by molar-refractivity contribution is -0.156. The summed E-state index contributed by atoms with van der Waals surface area (Å²) in [6.07, 6.45) is 11.1. The highest BCUT2D eigenvalue weighted by Crippen LogP contribution is 2.69. The van der Waals surface area contributed by atoms with Crippen molar-refractivity contribution in [3.05, 3.63) is 0 Å². The Morgan fingerprint density at radius 2 is 1.86 bits per heavy atom. The fourth-order valence-electron chi connectivity index (χ4n) is 6.32. The van der Waals surface area contributed by atoms with Crippen LogP contribution in [0.5, 0.6) is 0 Å². The summed E-state index contributed by atoms with van der Waals surface area (Å²) in [5, 5.41) is 10.5. The van der Waals surface area contributed by atoms with Crippen molar-refractivity contribution in [1.29, 1.82) is 0 Å². The van der Waals surface area contributed by atoms with Gasteiger partial charge in [0.2, 0.25) is 0 Å². The highest BCUT2D eigenvalue weighted by Gasteiger charge is 2.65. The fraction of sp³-hybridized carbons (Fsp3) is 1.00. The molecule has 0 unspecified atom stereocenters. The molecule has 0 aromatic heterocycles. The Labute approximate surface area is 137 Å². The Kier molecular flexibility index (Phi) is 4.40. The molecule has 5 atom stereocenters. The molecule has 0 heterocycles. The van der Waals surface area contributed by atoms with Gasteiger partial charge in [0.15, 0.2) is 0 Å². The van der Waals surface area contributed by atoms with Crippen LogP contribution in [0.25, 0.3) is 0 Å². The molecule has 0 radical (unpaired) electrons. The first-order valence-electron chi connectivity index (χ1n) is 9.64. The van der Waals surface area contributed by atoms with Gasteiger partial charge in [-0.1, -0.05) is 40.5 Å². The van der Waals surface area contributed by atoms with Crippen molar-refractivity contribution in [3.8, 4) is 0 Å². The van der Waals surface area contributed by atoms with Crippen LogP contribution >= 0.6 is 0 Å². The van der Waals surface area contributed by atoms with E-state index in [2.05, 4.69) is 27.7 Å². The minimum Gasteiger partial charge on any atom is -0.393 e. The molecule has 3 aliphatic rings. The monoisotopic (exact) mass is 308 g/mol. The number of hydrogen-bond donors (Lipinski definition) is 1. The predicted octanol–water partition coefficient (Wildman–Crippen LogP) is 4.94. The van der Waals surface area contributed by atoms with E-state index < -0.39 is 0 Å². The zero-order valence-electron chi connectivity index (χ0n) is 15.2. The Morgan fingerprint density at radius 1 is 1.09 bits per heavy atom. The molecule has 2 bridgehead atoms. The molecule has 128 valence electrons. The molecular formula is C20H36O2. The van der Waals surface area contributed by atoms with Crippen LogP contribution in [0, 0.1) is 22.2 Å². The van der Waals surface area contributed by atoms with Crippen molar-refractivity contribution >= 4 is 0 Å². The van der Waals surface area contributed by atoms with E-state index in [1.54, 1.807) is 0 Å². The molecule has 1 spiro atoms. The van der Waals surface area contributed by atoms with Crippen LogP contribution < -0.4 is 0 Å². The molecule has 0 amide bonds. The van der Waals surface area contributed by atoms with Crippen LogP contribution in [0.15, 0.2) is 0 Å². The molecule has 0 saturated heterocycles. The van der Waals surface area contributed by atoms with Crippen molar-refractivity contribution in [1.82, 2.24) is 0 Å². The number of aliphatic hydroxyl groups is 1. The van der Waals surface area contributed by atoms with Gasteiger partial charge in [0.25, 0.3) is 0 Å². The first-order valence-corrected chi connectivity index (χ1v) is 9.64. The van der Waals surface area contributed by atoms with Crippen LogP contribution in [0.2, 0.25) is 0 Å². The quantitative estimate of drug-likeness (QED) is 0.729. The summed E-state index contributed by atoms with van der Waals surface area (Å²) in [6, 6.07) is 0. The SMILES string of the molecule is CCCCCO[C@H]1CC(C)(C)[C@@H]2CC[C@]3(C)C[C@]12CC[C@H]3O. The Hall–Kier alpha value is -0.0800. The standard InChI is InChI=1S/C20H36O2/c1-5-6-7-12-22-17-13-18(2,3)15-8-10-19(4)14-20(15,17)11-9-16(19)21/h15-17,21H,5-14H2,1-4H3/t15-,16+,17-,19+,20-/m0/s1. The van der Waals surface area contributed by atoms with Crippen LogP contribution in [0.1, 0.15) is 85.5 Å². The molecule has 3 saturated carbocycles. The van der Waals surface area contributed by atoms with Crippen molar-refractivity contribution in [2.75, 3.05) is 6.61 Å². The van der Waals surface area contributed by atoms with Crippen molar-refractivity contribution in [2.24, 2.45) is 22.2 Å². The zero-order chi connectivity index (χ0) is 16.0. The summed E-state index contributed by atoms with van der Waals surface area (Å²) in [4.78, 5) is 0. The average Bonchev–Trinajstić information content (AvgIpc) is 2.66. The molecule has 3 fully saturated rings. The van der Waals surface area contributed by atoms with Crippen LogP contribution in [-0.2, 0) is 4.74 Å². The first-order chi connectivity index (χ1) is 10.3. The third-order valence-electron chi connectivity index (χ3n) is 7.48. The Morgan fingerprint density at radius 3 is 2.59 bits per heavy atom. The minimum absolute atomic E-state index is 0.0940. The topological polar surface area (TPSA) is 29.5 Å². The minimum atomic E-state index is -0.0940. The van der Waals surface area contributed by atoms with E-state index in [0.717, 1.165) is 18.9 Å². The third kappa shape index (κ3) is 2.55. The van der Waals surface area contributed by atoms with Crippen molar-refractivity contribution in [2.45, 2.75) is 97.7 Å². The first kappa shape index (κ1) is 16.8. The van der Waals surface area contributed by atoms with Gasteiger partial charge in [0.05, 0.1) is 12.2 Å². The Balaban J connectivity index is 1.79. The second-order valence-electron chi connectivity index (χ2n) is 9.47. The molecule has 2 nitrogen and oxygen atoms in total. The van der Waals surface area contributed by atoms with E-state index in [9.17, 15) is 5.11 Å². The van der Waals surface area contributed by atoms with Crippen molar-refractivity contribution < 1.29 is 9.84 Å². The maximum Gasteiger partial charge on any atom is 0.0639 e. The molecule has 3 aliphatic carbocycles. The number of fused-ring (bicyclic) bond motifs is 1. The van der Waals surface area contributed by atoms with E-state index in [1.807, 2.05) is 0 Å². The normalized spacial score (nSPS) is 46.5. The molecule has 0 aromatic rings. The number of aliphatic hydroxyl groups excluding tert-OH is 1. The maximum atomic E-state index is 10.5. The molecule has 1 N–H and O–H groups in total. The largest absolute Gasteiger partial charge is 0.393 e. The lowest BCUT2D eigenvalue weighted by Gasteiger charge is -2.58. The van der Waals surface area contributed by atoms with E-state index in [-0.39, 0.29) is 11.5 Å². The van der Waals surface area contributed by atoms with Crippen LogP contribution in [0.3, 0.4) is 0 Å². The van der Waals surface area contributed by atoms with E-state index in [1.165, 1.54) is 51.4 Å². The van der Waals surface area contributed by atoms with E-state index in [0.29, 0.717) is 16.9 Å². The molecule has 22 heavy (non-hydrogen) atoms. The average molecular weight is 309 g/mol. The number of ether oxygens (including phenoxy) is 1. The summed E-state index contributed by atoms with van der Waals surface area (Å²) in [5.41, 5.74) is 0.890. The van der Waals surface area contributed by atoms with Gasteiger partial charge in [-0.2, -0.15) is 0 Å². The predicted molar refractivity (Wildman–Crippen MR) is 90.8 cm³/mol. The summed E-state index contributed by atoms with van der Waals surface area (Å²) < 4.78 is 6.49. The van der Waals surface area contributed by atoms with E-state index >= 15 is 0 Å². The van der Waals surface area contributed by atoms with Gasteiger partial charge in [-0.05, 0) is 61.7 Å². The Bertz CT molecular complexity index is 405. The lowest BCUT2D eigenvalue weighted by Crippen LogP contribution is -2.54. The van der Waals surface area contributed by atoms with Gasteiger partial charge in [0, 0.05) is 12.0 Å². The molecule has 3 rings (SSSR count). The van der Waals surface area contributed by atoms with Gasteiger partial charge < -0.3 is 9.84 Å². The second-order valence-corrected chi connectivity index (χ2v) is 9.47. The molecule has 2 heteroatoms. The molecule has 0 aliphatic heterocycles. The highest BCUT2D eigenvalue weighted by molar-refractivity contribution is 5.14. The van der Waals surface area contributed by atoms with Gasteiger partial charge in [-0.15, -0.1) is 0 Å². The maximum absolute atomic E-state index is 10.5. The van der Waals surface area contributed by atoms with Gasteiger partial charge in [-0.25, -0.2) is 0 Å². The molecular weight excluding hydrogens is 272 g/mol. The number of unbranched alkanes of at least 4 members (excludes halogenated alkanes) is 2.